The van der Waals surface area contributed by atoms with Gasteiger partial charge in [0.25, 0.3) is 0 Å². The molecule has 0 bridgehead atoms. The highest BCUT2D eigenvalue weighted by Gasteiger charge is 2.15. The Morgan fingerprint density at radius 3 is 2.11 bits per heavy atom. The molecule has 0 amide bonds. The Labute approximate surface area is 110 Å². The van der Waals surface area contributed by atoms with Gasteiger partial charge in [0.1, 0.15) is 11.5 Å². The first-order valence-electron chi connectivity index (χ1n) is 6.96. The first-order chi connectivity index (χ1) is 8.88. The predicted octanol–water partition coefficient (Wildman–Crippen LogP) is 2.95. The predicted molar refractivity (Wildman–Crippen MR) is 73.4 cm³/mol. The molecule has 0 atom stereocenters. The van der Waals surface area contributed by atoms with Gasteiger partial charge in [-0.3, -0.25) is 0 Å². The minimum absolute atomic E-state index is 0.775. The molecule has 1 aromatic rings. The summed E-state index contributed by atoms with van der Waals surface area (Å²) in [6, 6.07) is 7.91. The van der Waals surface area contributed by atoms with E-state index in [2.05, 4.69) is 11.8 Å². The van der Waals surface area contributed by atoms with Gasteiger partial charge in [-0.25, -0.2) is 0 Å². The molecule has 1 heterocycles. The van der Waals surface area contributed by atoms with Crippen LogP contribution < -0.4 is 9.47 Å². The molecular weight excluding hydrogens is 226 g/mol. The van der Waals surface area contributed by atoms with Crippen LogP contribution in [-0.2, 0) is 0 Å². The lowest BCUT2D eigenvalue weighted by molar-refractivity contribution is 0.298. The van der Waals surface area contributed by atoms with Crippen molar-refractivity contribution in [1.29, 1.82) is 0 Å². The molecule has 1 aliphatic rings. The van der Waals surface area contributed by atoms with Gasteiger partial charge >= 0.3 is 0 Å². The van der Waals surface area contributed by atoms with Crippen molar-refractivity contribution >= 4 is 0 Å². The maximum atomic E-state index is 5.69. The Balaban J connectivity index is 1.59. The van der Waals surface area contributed by atoms with Gasteiger partial charge < -0.3 is 14.4 Å². The second-order valence-electron chi connectivity index (χ2n) is 4.72. The third-order valence-corrected chi connectivity index (χ3v) is 2.97. The van der Waals surface area contributed by atoms with Crippen LogP contribution in [0.4, 0.5) is 0 Å². The van der Waals surface area contributed by atoms with E-state index in [1.165, 1.54) is 26.1 Å². The molecule has 2 rings (SSSR count). The zero-order chi connectivity index (χ0) is 12.6. The topological polar surface area (TPSA) is 21.5 Å². The Bertz CT molecular complexity index is 333. The number of ether oxygens (including phenoxy) is 2. The van der Waals surface area contributed by atoms with Crippen LogP contribution in [0, 0.1) is 0 Å². The summed E-state index contributed by atoms with van der Waals surface area (Å²) in [5.74, 6) is 1.86. The van der Waals surface area contributed by atoms with Crippen LogP contribution in [0.25, 0.3) is 0 Å². The molecule has 1 aliphatic heterocycles. The van der Waals surface area contributed by atoms with Gasteiger partial charge in [-0.15, -0.1) is 0 Å². The van der Waals surface area contributed by atoms with Crippen LogP contribution in [0.2, 0.25) is 0 Å². The third-order valence-electron chi connectivity index (χ3n) is 2.97. The van der Waals surface area contributed by atoms with Crippen molar-refractivity contribution < 1.29 is 9.47 Å². The lowest BCUT2D eigenvalue weighted by atomic mass is 10.3. The molecule has 1 aromatic carbocycles. The van der Waals surface area contributed by atoms with Crippen molar-refractivity contribution in [2.45, 2.75) is 26.2 Å². The van der Waals surface area contributed by atoms with E-state index in [1.807, 2.05) is 24.3 Å². The highest BCUT2D eigenvalue weighted by Crippen LogP contribution is 2.18. The molecule has 0 aromatic heterocycles. The molecule has 1 fully saturated rings. The van der Waals surface area contributed by atoms with E-state index in [0.29, 0.717) is 0 Å². The maximum absolute atomic E-state index is 5.69. The summed E-state index contributed by atoms with van der Waals surface area (Å²) >= 11 is 0. The van der Waals surface area contributed by atoms with E-state index in [4.69, 9.17) is 9.47 Å². The van der Waals surface area contributed by atoms with E-state index in [1.54, 1.807) is 0 Å². The van der Waals surface area contributed by atoms with Crippen LogP contribution in [0.3, 0.4) is 0 Å². The first kappa shape index (κ1) is 13.2. The van der Waals surface area contributed by atoms with Crippen molar-refractivity contribution in [3.8, 4) is 11.5 Å². The van der Waals surface area contributed by atoms with E-state index >= 15 is 0 Å². The second-order valence-corrected chi connectivity index (χ2v) is 4.72. The van der Waals surface area contributed by atoms with E-state index in [0.717, 1.165) is 37.6 Å². The molecule has 18 heavy (non-hydrogen) atoms. The third kappa shape index (κ3) is 4.96. The SMILES string of the molecule is CCCOc1ccc(OCCCCN2CC2)cc1. The molecule has 0 radical (unpaired) electrons. The van der Waals surface area contributed by atoms with Crippen LogP contribution in [0.15, 0.2) is 24.3 Å². The van der Waals surface area contributed by atoms with Crippen molar-refractivity contribution in [3.05, 3.63) is 24.3 Å². The van der Waals surface area contributed by atoms with E-state index in [-0.39, 0.29) is 0 Å². The molecule has 100 valence electrons. The zero-order valence-corrected chi connectivity index (χ0v) is 11.2. The van der Waals surface area contributed by atoms with Crippen molar-refractivity contribution in [2.24, 2.45) is 0 Å². The first-order valence-corrected chi connectivity index (χ1v) is 6.96. The largest absolute Gasteiger partial charge is 0.494 e. The smallest absolute Gasteiger partial charge is 0.119 e. The van der Waals surface area contributed by atoms with Crippen LogP contribution in [0.5, 0.6) is 11.5 Å². The molecule has 3 nitrogen and oxygen atoms in total. The molecule has 1 saturated heterocycles. The van der Waals surface area contributed by atoms with Crippen molar-refractivity contribution in [3.63, 3.8) is 0 Å². The molecule has 3 heteroatoms. The summed E-state index contributed by atoms with van der Waals surface area (Å²) in [6.45, 7) is 7.50. The van der Waals surface area contributed by atoms with Gasteiger partial charge in [0.05, 0.1) is 13.2 Å². The van der Waals surface area contributed by atoms with Gasteiger partial charge in [0.2, 0.25) is 0 Å². The summed E-state index contributed by atoms with van der Waals surface area (Å²) < 4.78 is 11.2. The fourth-order valence-electron chi connectivity index (χ4n) is 1.77. The Morgan fingerprint density at radius 2 is 1.56 bits per heavy atom. The van der Waals surface area contributed by atoms with Gasteiger partial charge in [0, 0.05) is 13.1 Å². The summed E-state index contributed by atoms with van der Waals surface area (Å²) in [4.78, 5) is 2.44. The fraction of sp³-hybridized carbons (Fsp3) is 0.600. The van der Waals surface area contributed by atoms with Crippen LogP contribution in [0.1, 0.15) is 26.2 Å². The zero-order valence-electron chi connectivity index (χ0n) is 11.2. The minimum atomic E-state index is 0.775. The average Bonchev–Trinajstić information content (AvgIpc) is 3.21. The molecular formula is C15H23NO2. The number of hydrogen-bond acceptors (Lipinski definition) is 3. The lowest BCUT2D eigenvalue weighted by Crippen LogP contribution is -2.03. The molecule has 0 spiro atoms. The summed E-state index contributed by atoms with van der Waals surface area (Å²) in [5, 5.41) is 0. The Kier molecular flexibility index (Phi) is 5.34. The minimum Gasteiger partial charge on any atom is -0.494 e. The molecule has 0 saturated carbocycles. The van der Waals surface area contributed by atoms with E-state index in [9.17, 15) is 0 Å². The molecule has 0 N–H and O–H groups in total. The monoisotopic (exact) mass is 249 g/mol. The summed E-state index contributed by atoms with van der Waals surface area (Å²) in [6.07, 6.45) is 3.40. The normalized spacial score (nSPS) is 14.5. The van der Waals surface area contributed by atoms with Crippen LogP contribution in [-0.4, -0.2) is 37.7 Å². The highest BCUT2D eigenvalue weighted by molar-refractivity contribution is 5.31. The van der Waals surface area contributed by atoms with Gasteiger partial charge in [-0.05, 0) is 50.1 Å². The number of rotatable bonds is 9. The van der Waals surface area contributed by atoms with Gasteiger partial charge in [0.15, 0.2) is 0 Å². The Morgan fingerprint density at radius 1 is 0.944 bits per heavy atom. The summed E-state index contributed by atoms with van der Waals surface area (Å²) in [5.41, 5.74) is 0. The average molecular weight is 249 g/mol. The maximum Gasteiger partial charge on any atom is 0.119 e. The van der Waals surface area contributed by atoms with Crippen LogP contribution >= 0.6 is 0 Å². The van der Waals surface area contributed by atoms with Crippen molar-refractivity contribution in [1.82, 2.24) is 4.90 Å². The molecule has 0 aliphatic carbocycles. The number of unbranched alkanes of at least 4 members (excludes halogenated alkanes) is 1. The highest BCUT2D eigenvalue weighted by atomic mass is 16.5. The summed E-state index contributed by atoms with van der Waals surface area (Å²) in [7, 11) is 0. The standard InChI is InChI=1S/C15H23NO2/c1-2-12-17-14-5-7-15(8-6-14)18-13-4-3-9-16-10-11-16/h5-8H,2-4,9-13H2,1H3. The number of benzene rings is 1. The number of hydrogen-bond donors (Lipinski definition) is 0. The van der Waals surface area contributed by atoms with E-state index < -0.39 is 0 Å². The quantitative estimate of drug-likeness (QED) is 0.496. The van der Waals surface area contributed by atoms with Gasteiger partial charge in [-0.1, -0.05) is 6.92 Å². The fourth-order valence-corrected chi connectivity index (χ4v) is 1.77. The molecule has 0 unspecified atom stereocenters. The number of nitrogens with zero attached hydrogens (tertiary/aromatic N) is 1. The van der Waals surface area contributed by atoms with Crippen molar-refractivity contribution in [2.75, 3.05) is 32.8 Å². The second kappa shape index (κ2) is 7.27. The lowest BCUT2D eigenvalue weighted by Gasteiger charge is -2.08. The Hall–Kier alpha value is -1.22. The van der Waals surface area contributed by atoms with Gasteiger partial charge in [-0.2, -0.15) is 0 Å².